The van der Waals surface area contributed by atoms with Gasteiger partial charge in [-0.1, -0.05) is 18.2 Å². The van der Waals surface area contributed by atoms with Crippen molar-refractivity contribution < 1.29 is 4.74 Å². The van der Waals surface area contributed by atoms with Gasteiger partial charge in [-0.25, -0.2) is 0 Å². The van der Waals surface area contributed by atoms with E-state index in [1.807, 2.05) is 17.8 Å². The SMILES string of the molecule is NC1(CCSc2ccccc2)CCOCC1. The smallest absolute Gasteiger partial charge is 0.0483 e. The zero-order valence-corrected chi connectivity index (χ0v) is 10.3. The zero-order chi connectivity index (χ0) is 11.3. The van der Waals surface area contributed by atoms with Crippen molar-refractivity contribution >= 4 is 11.8 Å². The second-order valence-electron chi connectivity index (χ2n) is 4.39. The van der Waals surface area contributed by atoms with Crippen molar-refractivity contribution in [3.8, 4) is 0 Å². The maximum absolute atomic E-state index is 6.33. The summed E-state index contributed by atoms with van der Waals surface area (Å²) in [5, 5.41) is 0. The highest BCUT2D eigenvalue weighted by atomic mass is 32.2. The molecule has 0 spiro atoms. The van der Waals surface area contributed by atoms with Crippen LogP contribution in [0.1, 0.15) is 19.3 Å². The van der Waals surface area contributed by atoms with Crippen molar-refractivity contribution in [2.75, 3.05) is 19.0 Å². The van der Waals surface area contributed by atoms with E-state index < -0.39 is 0 Å². The molecule has 1 aliphatic rings. The van der Waals surface area contributed by atoms with Crippen LogP contribution in [0.2, 0.25) is 0 Å². The van der Waals surface area contributed by atoms with Gasteiger partial charge in [0.05, 0.1) is 0 Å². The lowest BCUT2D eigenvalue weighted by Crippen LogP contribution is -2.45. The van der Waals surface area contributed by atoms with Crippen LogP contribution in [0.4, 0.5) is 0 Å². The second-order valence-corrected chi connectivity index (χ2v) is 5.55. The first-order chi connectivity index (χ1) is 7.79. The number of hydrogen-bond acceptors (Lipinski definition) is 3. The van der Waals surface area contributed by atoms with Crippen molar-refractivity contribution in [2.24, 2.45) is 5.73 Å². The maximum Gasteiger partial charge on any atom is 0.0483 e. The van der Waals surface area contributed by atoms with Gasteiger partial charge in [-0.15, -0.1) is 11.8 Å². The highest BCUT2D eigenvalue weighted by Gasteiger charge is 2.27. The first-order valence-corrected chi connectivity index (χ1v) is 6.82. The third-order valence-electron chi connectivity index (χ3n) is 3.10. The predicted molar refractivity (Wildman–Crippen MR) is 68.8 cm³/mol. The lowest BCUT2D eigenvalue weighted by atomic mass is 9.89. The Hall–Kier alpha value is -0.510. The van der Waals surface area contributed by atoms with Crippen molar-refractivity contribution in [1.29, 1.82) is 0 Å². The molecule has 3 heteroatoms. The summed E-state index contributed by atoms with van der Waals surface area (Å²) in [4.78, 5) is 1.33. The Bertz CT molecular complexity index is 309. The van der Waals surface area contributed by atoms with Gasteiger partial charge in [0.1, 0.15) is 0 Å². The molecule has 1 saturated heterocycles. The molecule has 0 unspecified atom stereocenters. The fourth-order valence-corrected chi connectivity index (χ4v) is 3.01. The quantitative estimate of drug-likeness (QED) is 0.818. The molecule has 1 aromatic carbocycles. The minimum atomic E-state index is 0.0139. The third-order valence-corrected chi connectivity index (χ3v) is 4.11. The molecule has 1 aliphatic heterocycles. The van der Waals surface area contributed by atoms with Crippen LogP contribution < -0.4 is 5.73 Å². The monoisotopic (exact) mass is 237 g/mol. The Kier molecular flexibility index (Phi) is 4.27. The van der Waals surface area contributed by atoms with Gasteiger partial charge in [-0.3, -0.25) is 0 Å². The molecule has 1 heterocycles. The Morgan fingerprint density at radius 2 is 1.88 bits per heavy atom. The molecule has 0 bridgehead atoms. The number of ether oxygens (including phenoxy) is 1. The van der Waals surface area contributed by atoms with E-state index in [2.05, 4.69) is 24.3 Å². The Labute approximate surface area is 102 Å². The largest absolute Gasteiger partial charge is 0.381 e. The summed E-state index contributed by atoms with van der Waals surface area (Å²) in [5.74, 6) is 1.10. The van der Waals surface area contributed by atoms with Crippen LogP contribution in [-0.4, -0.2) is 24.5 Å². The fourth-order valence-electron chi connectivity index (χ4n) is 1.92. The molecule has 88 valence electrons. The van der Waals surface area contributed by atoms with Gasteiger partial charge in [-0.2, -0.15) is 0 Å². The second kappa shape index (κ2) is 5.71. The lowest BCUT2D eigenvalue weighted by Gasteiger charge is -2.33. The molecule has 16 heavy (non-hydrogen) atoms. The fraction of sp³-hybridized carbons (Fsp3) is 0.538. The van der Waals surface area contributed by atoms with Gasteiger partial charge in [0.2, 0.25) is 0 Å². The molecule has 0 amide bonds. The molecule has 2 rings (SSSR count). The van der Waals surface area contributed by atoms with E-state index in [1.165, 1.54) is 4.90 Å². The van der Waals surface area contributed by atoms with Crippen LogP contribution >= 0.6 is 11.8 Å². The highest BCUT2D eigenvalue weighted by Crippen LogP contribution is 2.26. The summed E-state index contributed by atoms with van der Waals surface area (Å²) in [6, 6.07) is 10.5. The van der Waals surface area contributed by atoms with E-state index in [-0.39, 0.29) is 5.54 Å². The molecule has 0 aromatic heterocycles. The van der Waals surface area contributed by atoms with Gasteiger partial charge in [-0.05, 0) is 37.1 Å². The van der Waals surface area contributed by atoms with Crippen LogP contribution in [-0.2, 0) is 4.74 Å². The van der Waals surface area contributed by atoms with E-state index >= 15 is 0 Å². The van der Waals surface area contributed by atoms with Crippen molar-refractivity contribution in [1.82, 2.24) is 0 Å². The molecular weight excluding hydrogens is 218 g/mol. The molecule has 0 atom stereocenters. The van der Waals surface area contributed by atoms with Crippen LogP contribution in [0.25, 0.3) is 0 Å². The Morgan fingerprint density at radius 3 is 2.56 bits per heavy atom. The molecule has 0 aliphatic carbocycles. The topological polar surface area (TPSA) is 35.2 Å². The molecular formula is C13H19NOS. The van der Waals surface area contributed by atoms with Gasteiger partial charge >= 0.3 is 0 Å². The maximum atomic E-state index is 6.33. The van der Waals surface area contributed by atoms with Crippen molar-refractivity contribution in [2.45, 2.75) is 29.7 Å². The molecule has 0 saturated carbocycles. The van der Waals surface area contributed by atoms with E-state index in [9.17, 15) is 0 Å². The average molecular weight is 237 g/mol. The van der Waals surface area contributed by atoms with E-state index in [0.717, 1.165) is 38.2 Å². The summed E-state index contributed by atoms with van der Waals surface area (Å²) in [5.41, 5.74) is 6.34. The van der Waals surface area contributed by atoms with Gasteiger partial charge in [0, 0.05) is 23.6 Å². The summed E-state index contributed by atoms with van der Waals surface area (Å²) in [7, 11) is 0. The van der Waals surface area contributed by atoms with Crippen LogP contribution in [0.5, 0.6) is 0 Å². The summed E-state index contributed by atoms with van der Waals surface area (Å²) < 4.78 is 5.34. The summed E-state index contributed by atoms with van der Waals surface area (Å²) >= 11 is 1.89. The lowest BCUT2D eigenvalue weighted by molar-refractivity contribution is 0.0523. The van der Waals surface area contributed by atoms with Gasteiger partial charge in [0.15, 0.2) is 0 Å². The van der Waals surface area contributed by atoms with Crippen LogP contribution in [0.3, 0.4) is 0 Å². The third kappa shape index (κ3) is 3.51. The number of nitrogens with two attached hydrogens (primary N) is 1. The van der Waals surface area contributed by atoms with E-state index in [4.69, 9.17) is 10.5 Å². The zero-order valence-electron chi connectivity index (χ0n) is 9.52. The Morgan fingerprint density at radius 1 is 1.19 bits per heavy atom. The number of rotatable bonds is 4. The molecule has 1 aromatic rings. The van der Waals surface area contributed by atoms with Gasteiger partial charge in [0.25, 0.3) is 0 Å². The molecule has 1 fully saturated rings. The predicted octanol–water partition coefficient (Wildman–Crippen LogP) is 2.68. The first kappa shape index (κ1) is 12.0. The molecule has 0 radical (unpaired) electrons. The summed E-state index contributed by atoms with van der Waals surface area (Å²) in [6.07, 6.45) is 3.08. The minimum Gasteiger partial charge on any atom is -0.381 e. The minimum absolute atomic E-state index is 0.0139. The van der Waals surface area contributed by atoms with E-state index in [1.54, 1.807) is 0 Å². The number of thioether (sulfide) groups is 1. The first-order valence-electron chi connectivity index (χ1n) is 5.83. The van der Waals surface area contributed by atoms with E-state index in [0.29, 0.717) is 0 Å². The standard InChI is InChI=1S/C13H19NOS/c14-13(6-9-15-10-7-13)8-11-16-12-4-2-1-3-5-12/h1-5H,6-11,14H2. The highest BCUT2D eigenvalue weighted by molar-refractivity contribution is 7.99. The van der Waals surface area contributed by atoms with Gasteiger partial charge < -0.3 is 10.5 Å². The molecule has 2 nitrogen and oxygen atoms in total. The van der Waals surface area contributed by atoms with Crippen molar-refractivity contribution in [3.05, 3.63) is 30.3 Å². The van der Waals surface area contributed by atoms with Crippen molar-refractivity contribution in [3.63, 3.8) is 0 Å². The average Bonchev–Trinajstić information content (AvgIpc) is 2.31. The number of hydrogen-bond donors (Lipinski definition) is 1. The van der Waals surface area contributed by atoms with Crippen LogP contribution in [0.15, 0.2) is 35.2 Å². The van der Waals surface area contributed by atoms with Crippen LogP contribution in [0, 0.1) is 0 Å². The molecule has 2 N–H and O–H groups in total. The normalized spacial score (nSPS) is 19.6. The summed E-state index contributed by atoms with van der Waals surface area (Å²) in [6.45, 7) is 1.65. The Balaban J connectivity index is 1.75. The number of benzene rings is 1.